The van der Waals surface area contributed by atoms with E-state index in [2.05, 4.69) is 10.4 Å². The molecule has 0 aliphatic heterocycles. The van der Waals surface area contributed by atoms with Crippen molar-refractivity contribution in [1.29, 1.82) is 0 Å². The van der Waals surface area contributed by atoms with Crippen LogP contribution in [0.15, 0.2) is 18.2 Å². The van der Waals surface area contributed by atoms with Crippen LogP contribution in [0.3, 0.4) is 0 Å². The molecule has 1 aromatic heterocycles. The van der Waals surface area contributed by atoms with E-state index in [-0.39, 0.29) is 6.04 Å². The summed E-state index contributed by atoms with van der Waals surface area (Å²) in [4.78, 5) is 0. The lowest BCUT2D eigenvalue weighted by Gasteiger charge is -2.16. The van der Waals surface area contributed by atoms with Crippen molar-refractivity contribution < 1.29 is 8.78 Å². The van der Waals surface area contributed by atoms with Crippen LogP contribution in [0.25, 0.3) is 0 Å². The van der Waals surface area contributed by atoms with Crippen LogP contribution in [0, 0.1) is 25.5 Å². The third kappa shape index (κ3) is 2.75. The monoisotopic (exact) mass is 265 g/mol. The van der Waals surface area contributed by atoms with Crippen molar-refractivity contribution in [2.24, 2.45) is 7.05 Å². The second-order valence-electron chi connectivity index (χ2n) is 4.73. The largest absolute Gasteiger partial charge is 0.378 e. The molecule has 1 unspecified atom stereocenters. The van der Waals surface area contributed by atoms with Crippen LogP contribution in [0.5, 0.6) is 0 Å². The van der Waals surface area contributed by atoms with Gasteiger partial charge in [-0.3, -0.25) is 4.68 Å². The Bertz CT molecular complexity index is 585. The first-order valence-corrected chi connectivity index (χ1v) is 6.11. The van der Waals surface area contributed by atoms with Crippen LogP contribution in [-0.2, 0) is 7.05 Å². The zero-order valence-corrected chi connectivity index (χ0v) is 11.5. The zero-order chi connectivity index (χ0) is 14.2. The van der Waals surface area contributed by atoms with Crippen LogP contribution in [0.4, 0.5) is 14.5 Å². The van der Waals surface area contributed by atoms with Crippen LogP contribution >= 0.6 is 0 Å². The zero-order valence-electron chi connectivity index (χ0n) is 11.5. The Kier molecular flexibility index (Phi) is 3.55. The molecule has 0 aliphatic carbocycles. The second kappa shape index (κ2) is 4.99. The number of nitrogens with one attached hydrogen (secondary N) is 1. The summed E-state index contributed by atoms with van der Waals surface area (Å²) in [6.45, 7) is 5.84. The predicted octanol–water partition coefficient (Wildman–Crippen LogP) is 3.49. The number of anilines is 1. The van der Waals surface area contributed by atoms with Gasteiger partial charge in [-0.15, -0.1) is 0 Å². The van der Waals surface area contributed by atoms with Gasteiger partial charge >= 0.3 is 0 Å². The number of benzene rings is 1. The van der Waals surface area contributed by atoms with Gasteiger partial charge in [0.15, 0.2) is 0 Å². The third-order valence-corrected chi connectivity index (χ3v) is 3.24. The van der Waals surface area contributed by atoms with E-state index < -0.39 is 11.6 Å². The summed E-state index contributed by atoms with van der Waals surface area (Å²) in [5.74, 6) is -1.18. The fourth-order valence-corrected chi connectivity index (χ4v) is 2.38. The van der Waals surface area contributed by atoms with Crippen molar-refractivity contribution in [2.75, 3.05) is 5.32 Å². The molecule has 5 heteroatoms. The summed E-state index contributed by atoms with van der Waals surface area (Å²) in [5, 5.41) is 7.44. The van der Waals surface area contributed by atoms with Gasteiger partial charge in [-0.1, -0.05) is 0 Å². The Balaban J connectivity index is 2.27. The normalized spacial score (nSPS) is 12.5. The molecule has 2 aromatic rings. The highest BCUT2D eigenvalue weighted by atomic mass is 19.1. The van der Waals surface area contributed by atoms with E-state index >= 15 is 0 Å². The minimum absolute atomic E-state index is 0.0742. The van der Waals surface area contributed by atoms with Gasteiger partial charge in [0, 0.05) is 30.1 Å². The van der Waals surface area contributed by atoms with Crippen molar-refractivity contribution in [1.82, 2.24) is 9.78 Å². The van der Waals surface area contributed by atoms with Gasteiger partial charge in [0.05, 0.1) is 11.7 Å². The highest BCUT2D eigenvalue weighted by Gasteiger charge is 2.16. The van der Waals surface area contributed by atoms with Crippen molar-refractivity contribution in [3.05, 3.63) is 46.8 Å². The fraction of sp³-hybridized carbons (Fsp3) is 0.357. The number of hydrogen-bond acceptors (Lipinski definition) is 2. The van der Waals surface area contributed by atoms with Crippen molar-refractivity contribution in [2.45, 2.75) is 26.8 Å². The van der Waals surface area contributed by atoms with Gasteiger partial charge in [0.2, 0.25) is 0 Å². The summed E-state index contributed by atoms with van der Waals surface area (Å²) in [6, 6.07) is 3.34. The fourth-order valence-electron chi connectivity index (χ4n) is 2.38. The molecule has 0 saturated carbocycles. The molecule has 102 valence electrons. The molecule has 1 heterocycles. The molecule has 0 bridgehead atoms. The first-order valence-electron chi connectivity index (χ1n) is 6.11. The lowest BCUT2D eigenvalue weighted by atomic mass is 10.1. The minimum Gasteiger partial charge on any atom is -0.378 e. The Morgan fingerprint density at radius 1 is 1.16 bits per heavy atom. The average molecular weight is 265 g/mol. The number of halogens is 2. The summed E-state index contributed by atoms with van der Waals surface area (Å²) >= 11 is 0. The maximum Gasteiger partial charge on any atom is 0.128 e. The molecule has 0 fully saturated rings. The highest BCUT2D eigenvalue weighted by molar-refractivity contribution is 5.47. The van der Waals surface area contributed by atoms with E-state index in [1.165, 1.54) is 12.1 Å². The third-order valence-electron chi connectivity index (χ3n) is 3.24. The van der Waals surface area contributed by atoms with Crippen molar-refractivity contribution in [3.8, 4) is 0 Å². The average Bonchev–Trinajstić information content (AvgIpc) is 2.51. The minimum atomic E-state index is -0.589. The molecule has 1 aromatic carbocycles. The molecular formula is C14H17F2N3. The molecule has 1 N–H and O–H groups in total. The van der Waals surface area contributed by atoms with E-state index in [1.807, 2.05) is 27.8 Å². The lowest BCUT2D eigenvalue weighted by molar-refractivity contribution is 0.583. The Morgan fingerprint density at radius 2 is 1.74 bits per heavy atom. The molecule has 0 aliphatic rings. The van der Waals surface area contributed by atoms with Gasteiger partial charge in [-0.05, 0) is 32.9 Å². The maximum atomic E-state index is 13.1. The van der Waals surface area contributed by atoms with Gasteiger partial charge in [0.25, 0.3) is 0 Å². The van der Waals surface area contributed by atoms with Gasteiger partial charge < -0.3 is 5.32 Å². The lowest BCUT2D eigenvalue weighted by Crippen LogP contribution is -2.09. The number of hydrogen-bond donors (Lipinski definition) is 1. The number of aryl methyl sites for hydroxylation is 2. The summed E-state index contributed by atoms with van der Waals surface area (Å²) < 4.78 is 28.1. The number of aromatic nitrogens is 2. The van der Waals surface area contributed by atoms with E-state index in [1.54, 1.807) is 4.68 Å². The van der Waals surface area contributed by atoms with E-state index in [0.717, 1.165) is 23.0 Å². The van der Waals surface area contributed by atoms with E-state index in [0.29, 0.717) is 5.69 Å². The first kappa shape index (κ1) is 13.5. The van der Waals surface area contributed by atoms with Crippen molar-refractivity contribution in [3.63, 3.8) is 0 Å². The topological polar surface area (TPSA) is 29.9 Å². The highest BCUT2D eigenvalue weighted by Crippen LogP contribution is 2.25. The van der Waals surface area contributed by atoms with Gasteiger partial charge in [-0.25, -0.2) is 8.78 Å². The molecule has 0 saturated heterocycles. The van der Waals surface area contributed by atoms with Crippen LogP contribution in [0.2, 0.25) is 0 Å². The molecule has 1 atom stereocenters. The molecule has 0 radical (unpaired) electrons. The van der Waals surface area contributed by atoms with E-state index in [9.17, 15) is 8.78 Å². The Hall–Kier alpha value is -1.91. The molecule has 3 nitrogen and oxygen atoms in total. The smallest absolute Gasteiger partial charge is 0.128 e. The molecule has 0 spiro atoms. The second-order valence-corrected chi connectivity index (χ2v) is 4.73. The molecule has 19 heavy (non-hydrogen) atoms. The van der Waals surface area contributed by atoms with Gasteiger partial charge in [-0.2, -0.15) is 5.10 Å². The maximum absolute atomic E-state index is 13.1. The summed E-state index contributed by atoms with van der Waals surface area (Å²) in [7, 11) is 1.88. The van der Waals surface area contributed by atoms with Gasteiger partial charge in [0.1, 0.15) is 11.6 Å². The molecule has 0 amide bonds. The van der Waals surface area contributed by atoms with E-state index in [4.69, 9.17) is 0 Å². The molecular weight excluding hydrogens is 248 g/mol. The quantitative estimate of drug-likeness (QED) is 0.920. The Labute approximate surface area is 111 Å². The number of rotatable bonds is 3. The standard InChI is InChI=1S/C14H17F2N3/c1-8(14-9(2)18-19(4)10(14)3)17-13-6-11(15)5-12(16)7-13/h5-8,17H,1-4H3. The van der Waals surface area contributed by atoms with Crippen LogP contribution in [0.1, 0.15) is 29.9 Å². The summed E-state index contributed by atoms with van der Waals surface area (Å²) in [6.07, 6.45) is 0. The van der Waals surface area contributed by atoms with Crippen LogP contribution in [-0.4, -0.2) is 9.78 Å². The van der Waals surface area contributed by atoms with Crippen LogP contribution < -0.4 is 5.32 Å². The summed E-state index contributed by atoms with van der Waals surface area (Å²) in [5.41, 5.74) is 3.42. The predicted molar refractivity (Wildman–Crippen MR) is 71.1 cm³/mol. The molecule has 2 rings (SSSR count). The first-order chi connectivity index (χ1) is 8.88. The Morgan fingerprint density at radius 3 is 2.21 bits per heavy atom. The van der Waals surface area contributed by atoms with Crippen molar-refractivity contribution >= 4 is 5.69 Å². The SMILES string of the molecule is Cc1nn(C)c(C)c1C(C)Nc1cc(F)cc(F)c1. The number of nitrogens with zero attached hydrogens (tertiary/aromatic N) is 2.